The molecule has 0 aliphatic carbocycles. The molecule has 2 N–H and O–H groups in total. The zero-order chi connectivity index (χ0) is 16.1. The quantitative estimate of drug-likeness (QED) is 0.848. The Bertz CT molecular complexity index is 779. The normalized spacial score (nSPS) is 15.0. The van der Waals surface area contributed by atoms with Crippen LogP contribution in [0.3, 0.4) is 0 Å². The summed E-state index contributed by atoms with van der Waals surface area (Å²) in [4.78, 5) is 26.3. The number of amides is 1. The van der Waals surface area contributed by atoms with Gasteiger partial charge in [-0.1, -0.05) is 12.1 Å². The summed E-state index contributed by atoms with van der Waals surface area (Å²) in [5.74, 6) is -2.99. The average Bonchev–Trinajstić information content (AvgIpc) is 2.82. The standard InChI is InChI=1S/C14H11F3N2O3/c15-14(16,17)13(22)19-5-4-10-9(6-19)7-2-1-3-8(12(20)21)11(7)18-10/h1-3,18H,4-6H2,(H,20,21). The van der Waals surface area contributed by atoms with E-state index in [0.29, 0.717) is 22.2 Å². The van der Waals surface area contributed by atoms with Gasteiger partial charge in [0.2, 0.25) is 0 Å². The molecule has 2 heterocycles. The highest BCUT2D eigenvalue weighted by Crippen LogP contribution is 2.31. The molecule has 0 fully saturated rings. The number of para-hydroxylation sites is 1. The number of carbonyl (C=O) groups is 2. The highest BCUT2D eigenvalue weighted by Gasteiger charge is 2.43. The van der Waals surface area contributed by atoms with Crippen molar-refractivity contribution in [3.63, 3.8) is 0 Å². The number of hydrogen-bond donors (Lipinski definition) is 2. The molecule has 22 heavy (non-hydrogen) atoms. The summed E-state index contributed by atoms with van der Waals surface area (Å²) in [6.45, 7) is -0.239. The lowest BCUT2D eigenvalue weighted by Gasteiger charge is -2.27. The highest BCUT2D eigenvalue weighted by atomic mass is 19.4. The van der Waals surface area contributed by atoms with Gasteiger partial charge in [0.1, 0.15) is 0 Å². The second kappa shape index (κ2) is 4.75. The third kappa shape index (κ3) is 2.20. The van der Waals surface area contributed by atoms with E-state index in [4.69, 9.17) is 5.11 Å². The fourth-order valence-corrected chi connectivity index (χ4v) is 2.77. The Morgan fingerprint density at radius 1 is 1.27 bits per heavy atom. The minimum atomic E-state index is -4.91. The molecule has 0 bridgehead atoms. The van der Waals surface area contributed by atoms with Gasteiger partial charge >= 0.3 is 18.1 Å². The van der Waals surface area contributed by atoms with Crippen molar-refractivity contribution in [2.24, 2.45) is 0 Å². The van der Waals surface area contributed by atoms with Crippen LogP contribution in [0.15, 0.2) is 18.2 Å². The van der Waals surface area contributed by atoms with E-state index < -0.39 is 18.1 Å². The van der Waals surface area contributed by atoms with Crippen LogP contribution in [0.2, 0.25) is 0 Å². The van der Waals surface area contributed by atoms with Gasteiger partial charge in [0, 0.05) is 36.2 Å². The molecule has 1 aliphatic heterocycles. The predicted molar refractivity (Wildman–Crippen MR) is 70.4 cm³/mol. The van der Waals surface area contributed by atoms with Gasteiger partial charge in [0.15, 0.2) is 0 Å². The van der Waals surface area contributed by atoms with Gasteiger partial charge in [-0.25, -0.2) is 4.79 Å². The summed E-state index contributed by atoms with van der Waals surface area (Å²) >= 11 is 0. The van der Waals surface area contributed by atoms with Gasteiger partial charge in [-0.3, -0.25) is 4.79 Å². The zero-order valence-corrected chi connectivity index (χ0v) is 11.2. The summed E-state index contributed by atoms with van der Waals surface area (Å²) in [6, 6.07) is 4.59. The van der Waals surface area contributed by atoms with E-state index in [1.165, 1.54) is 12.1 Å². The van der Waals surface area contributed by atoms with Crippen molar-refractivity contribution >= 4 is 22.8 Å². The van der Waals surface area contributed by atoms with Crippen LogP contribution >= 0.6 is 0 Å². The van der Waals surface area contributed by atoms with Crippen LogP contribution in [-0.2, 0) is 17.8 Å². The summed E-state index contributed by atoms with van der Waals surface area (Å²) in [7, 11) is 0. The first kappa shape index (κ1) is 14.4. The third-order valence-corrected chi connectivity index (χ3v) is 3.77. The van der Waals surface area contributed by atoms with Crippen molar-refractivity contribution in [3.8, 4) is 0 Å². The van der Waals surface area contributed by atoms with Crippen molar-refractivity contribution in [3.05, 3.63) is 35.0 Å². The lowest BCUT2D eigenvalue weighted by molar-refractivity contribution is -0.186. The molecular weight excluding hydrogens is 301 g/mol. The number of alkyl halides is 3. The molecule has 0 saturated carbocycles. The number of aromatic carboxylic acids is 1. The number of nitrogens with zero attached hydrogens (tertiary/aromatic N) is 1. The summed E-state index contributed by atoms with van der Waals surface area (Å²) < 4.78 is 37.6. The first-order chi connectivity index (χ1) is 10.3. The first-order valence-electron chi connectivity index (χ1n) is 6.51. The molecule has 0 spiro atoms. The van der Waals surface area contributed by atoms with Crippen LogP contribution in [0, 0.1) is 0 Å². The molecule has 1 aliphatic rings. The minimum absolute atomic E-state index is 0.0550. The Labute approximate surface area is 122 Å². The summed E-state index contributed by atoms with van der Waals surface area (Å²) in [6.07, 6.45) is -4.68. The lowest BCUT2D eigenvalue weighted by atomic mass is 10.0. The lowest BCUT2D eigenvalue weighted by Crippen LogP contribution is -2.43. The number of rotatable bonds is 1. The number of carboxylic acids is 1. The van der Waals surface area contributed by atoms with Gasteiger partial charge in [0.05, 0.1) is 11.1 Å². The summed E-state index contributed by atoms with van der Waals surface area (Å²) in [5, 5.41) is 9.69. The van der Waals surface area contributed by atoms with E-state index >= 15 is 0 Å². The third-order valence-electron chi connectivity index (χ3n) is 3.77. The van der Waals surface area contributed by atoms with Gasteiger partial charge in [-0.05, 0) is 6.07 Å². The molecule has 0 saturated heterocycles. The average molecular weight is 312 g/mol. The van der Waals surface area contributed by atoms with Gasteiger partial charge in [0.25, 0.3) is 0 Å². The van der Waals surface area contributed by atoms with Crippen LogP contribution in [0.4, 0.5) is 13.2 Å². The molecule has 8 heteroatoms. The van der Waals surface area contributed by atoms with E-state index in [1.807, 2.05) is 0 Å². The van der Waals surface area contributed by atoms with E-state index in [-0.39, 0.29) is 25.1 Å². The smallest absolute Gasteiger partial charge is 0.471 e. The number of hydrogen-bond acceptors (Lipinski definition) is 2. The van der Waals surface area contributed by atoms with E-state index in [1.54, 1.807) is 6.07 Å². The Kier molecular flexibility index (Phi) is 3.12. The molecular formula is C14H11F3N2O3. The fourth-order valence-electron chi connectivity index (χ4n) is 2.77. The largest absolute Gasteiger partial charge is 0.478 e. The number of carboxylic acid groups (broad SMARTS) is 1. The van der Waals surface area contributed by atoms with Gasteiger partial charge in [-0.2, -0.15) is 13.2 Å². The number of fused-ring (bicyclic) bond motifs is 3. The predicted octanol–water partition coefficient (Wildman–Crippen LogP) is 2.31. The molecule has 116 valence electrons. The molecule has 0 atom stereocenters. The van der Waals surface area contributed by atoms with Crippen LogP contribution in [0.1, 0.15) is 21.6 Å². The van der Waals surface area contributed by atoms with Crippen LogP contribution in [0.5, 0.6) is 0 Å². The minimum Gasteiger partial charge on any atom is -0.478 e. The first-order valence-corrected chi connectivity index (χ1v) is 6.51. The van der Waals surface area contributed by atoms with E-state index in [9.17, 15) is 22.8 Å². The van der Waals surface area contributed by atoms with Crippen molar-refractivity contribution in [1.82, 2.24) is 9.88 Å². The number of H-pyrrole nitrogens is 1. The molecule has 2 aromatic rings. The maximum atomic E-state index is 12.5. The number of halogens is 3. The second-order valence-electron chi connectivity index (χ2n) is 5.09. The van der Waals surface area contributed by atoms with Crippen molar-refractivity contribution in [1.29, 1.82) is 0 Å². The fraction of sp³-hybridized carbons (Fsp3) is 0.286. The highest BCUT2D eigenvalue weighted by molar-refractivity contribution is 6.03. The van der Waals surface area contributed by atoms with Gasteiger partial charge in [-0.15, -0.1) is 0 Å². The van der Waals surface area contributed by atoms with Crippen LogP contribution in [-0.4, -0.2) is 39.6 Å². The van der Waals surface area contributed by atoms with E-state index in [0.717, 1.165) is 4.90 Å². The molecule has 0 radical (unpaired) electrons. The van der Waals surface area contributed by atoms with Gasteiger partial charge < -0.3 is 15.0 Å². The maximum Gasteiger partial charge on any atom is 0.471 e. The molecule has 1 aromatic carbocycles. The molecule has 0 unspecified atom stereocenters. The Morgan fingerprint density at radius 3 is 2.64 bits per heavy atom. The maximum absolute atomic E-state index is 12.5. The number of carbonyl (C=O) groups excluding carboxylic acids is 1. The van der Waals surface area contributed by atoms with Crippen molar-refractivity contribution in [2.45, 2.75) is 19.1 Å². The SMILES string of the molecule is O=C(O)c1cccc2c3c([nH]c12)CCN(C(=O)C(F)(F)F)C3. The van der Waals surface area contributed by atoms with Crippen molar-refractivity contribution in [2.75, 3.05) is 6.54 Å². The Hall–Kier alpha value is -2.51. The monoisotopic (exact) mass is 312 g/mol. The molecule has 1 amide bonds. The van der Waals surface area contributed by atoms with Crippen molar-refractivity contribution < 1.29 is 27.9 Å². The topological polar surface area (TPSA) is 73.4 Å². The number of nitrogens with one attached hydrogen (secondary N) is 1. The van der Waals surface area contributed by atoms with E-state index in [2.05, 4.69) is 4.98 Å². The molecule has 5 nitrogen and oxygen atoms in total. The number of benzene rings is 1. The molecule has 3 rings (SSSR count). The molecule has 1 aromatic heterocycles. The number of aromatic nitrogens is 1. The Balaban J connectivity index is 2.05. The Morgan fingerprint density at radius 2 is 2.00 bits per heavy atom. The summed E-state index contributed by atoms with van der Waals surface area (Å²) in [5.41, 5.74) is 1.65. The van der Waals surface area contributed by atoms with Crippen LogP contribution in [0.25, 0.3) is 10.9 Å². The second-order valence-corrected chi connectivity index (χ2v) is 5.09. The zero-order valence-electron chi connectivity index (χ0n) is 11.2. The number of aromatic amines is 1. The van der Waals surface area contributed by atoms with Crippen LogP contribution < -0.4 is 0 Å².